The van der Waals surface area contributed by atoms with Crippen LogP contribution in [0.15, 0.2) is 35.2 Å². The molecule has 1 N–H and O–H groups in total. The molecule has 140 valence electrons. The molecule has 2 heterocycles. The zero-order valence-electron chi connectivity index (χ0n) is 15.0. The smallest absolute Gasteiger partial charge is 0.313 e. The van der Waals surface area contributed by atoms with Crippen LogP contribution in [0.4, 0.5) is 0 Å². The predicted octanol–water partition coefficient (Wildman–Crippen LogP) is 2.42. The molecule has 6 heteroatoms. The molecule has 2 saturated heterocycles. The number of carbonyl (C=O) groups excluding carboxylic acids is 1. The van der Waals surface area contributed by atoms with Gasteiger partial charge in [0.15, 0.2) is 0 Å². The highest BCUT2D eigenvalue weighted by Gasteiger charge is 2.58. The Balaban J connectivity index is 1.34. The summed E-state index contributed by atoms with van der Waals surface area (Å²) in [7, 11) is 0. The number of rotatable bonds is 6. The average Bonchev–Trinajstić information content (AvgIpc) is 3.09. The molecule has 2 aliphatic heterocycles. The molecule has 0 unspecified atom stereocenters. The summed E-state index contributed by atoms with van der Waals surface area (Å²) >= 11 is 1.81. The van der Waals surface area contributed by atoms with Crippen molar-refractivity contribution in [3.63, 3.8) is 0 Å². The highest BCUT2D eigenvalue weighted by atomic mass is 32.2. The van der Waals surface area contributed by atoms with E-state index in [1.807, 2.05) is 34.9 Å². The lowest BCUT2D eigenvalue weighted by atomic mass is 9.81. The summed E-state index contributed by atoms with van der Waals surface area (Å²) in [6.45, 7) is 3.25. The number of hydrogen-bond acceptors (Lipinski definition) is 4. The van der Waals surface area contributed by atoms with Gasteiger partial charge < -0.3 is 14.9 Å². The van der Waals surface area contributed by atoms with Gasteiger partial charge in [-0.2, -0.15) is 0 Å². The number of nitrogens with zero attached hydrogens (tertiary/aromatic N) is 2. The molecule has 3 fully saturated rings. The fourth-order valence-corrected chi connectivity index (χ4v) is 5.47. The summed E-state index contributed by atoms with van der Waals surface area (Å²) in [6.07, 6.45) is 3.08. The zero-order chi connectivity index (χ0) is 18.1. The third-order valence-electron chi connectivity index (χ3n) is 6.29. The van der Waals surface area contributed by atoms with Crippen LogP contribution in [-0.4, -0.2) is 65.3 Å². The van der Waals surface area contributed by atoms with Gasteiger partial charge in [0.2, 0.25) is 5.91 Å². The van der Waals surface area contributed by atoms with E-state index in [-0.39, 0.29) is 17.7 Å². The van der Waals surface area contributed by atoms with Crippen molar-refractivity contribution in [1.82, 2.24) is 9.80 Å². The van der Waals surface area contributed by atoms with Gasteiger partial charge in [0.25, 0.3) is 0 Å². The fraction of sp³-hybridized carbons (Fsp3) is 0.600. The van der Waals surface area contributed by atoms with Gasteiger partial charge in [0.1, 0.15) is 5.41 Å². The number of carbonyl (C=O) groups is 2. The lowest BCUT2D eigenvalue weighted by Gasteiger charge is -2.31. The predicted molar refractivity (Wildman–Crippen MR) is 101 cm³/mol. The molecule has 1 aromatic rings. The Morgan fingerprint density at radius 1 is 1.15 bits per heavy atom. The van der Waals surface area contributed by atoms with Crippen LogP contribution in [0.1, 0.15) is 19.3 Å². The second-order valence-electron chi connectivity index (χ2n) is 7.90. The third kappa shape index (κ3) is 3.25. The molecular formula is C20H26N2O3S. The summed E-state index contributed by atoms with van der Waals surface area (Å²) in [5.41, 5.74) is -0.767. The summed E-state index contributed by atoms with van der Waals surface area (Å²) in [4.78, 5) is 30.0. The van der Waals surface area contributed by atoms with E-state index in [9.17, 15) is 14.7 Å². The van der Waals surface area contributed by atoms with Crippen molar-refractivity contribution < 1.29 is 14.7 Å². The number of thioether (sulfide) groups is 1. The number of hydrogen-bond donors (Lipinski definition) is 1. The maximum Gasteiger partial charge on any atom is 0.313 e. The van der Waals surface area contributed by atoms with E-state index < -0.39 is 11.4 Å². The van der Waals surface area contributed by atoms with Crippen molar-refractivity contribution in [3.05, 3.63) is 30.3 Å². The molecule has 26 heavy (non-hydrogen) atoms. The highest BCUT2D eigenvalue weighted by Crippen LogP contribution is 2.44. The Morgan fingerprint density at radius 2 is 1.92 bits per heavy atom. The fourth-order valence-electron chi connectivity index (χ4n) is 4.53. The second-order valence-corrected chi connectivity index (χ2v) is 9.07. The van der Waals surface area contributed by atoms with Gasteiger partial charge in [-0.05, 0) is 25.0 Å². The lowest BCUT2D eigenvalue weighted by Crippen LogP contribution is -2.44. The van der Waals surface area contributed by atoms with Gasteiger partial charge in [-0.15, -0.1) is 11.8 Å². The molecule has 0 radical (unpaired) electrons. The minimum absolute atomic E-state index is 0.0609. The normalized spacial score (nSPS) is 28.8. The molecule has 0 spiro atoms. The number of aliphatic carboxylic acids is 1. The van der Waals surface area contributed by atoms with Crippen LogP contribution in [-0.2, 0) is 9.59 Å². The number of carboxylic acid groups (broad SMARTS) is 1. The number of amides is 1. The second kappa shape index (κ2) is 7.24. The van der Waals surface area contributed by atoms with Crippen LogP contribution in [0, 0.1) is 17.3 Å². The highest BCUT2D eigenvalue weighted by molar-refractivity contribution is 7.99. The first-order valence-electron chi connectivity index (χ1n) is 9.51. The van der Waals surface area contributed by atoms with Crippen molar-refractivity contribution in [3.8, 4) is 0 Å². The maximum atomic E-state index is 12.6. The SMILES string of the molecule is O=C(C1CCC1)N1C[C@@H]2CN(CCSc3ccccc3)C[C@]2(C(=O)O)C1. The van der Waals surface area contributed by atoms with Gasteiger partial charge >= 0.3 is 5.97 Å². The first-order chi connectivity index (χ1) is 12.6. The van der Waals surface area contributed by atoms with E-state index in [0.29, 0.717) is 19.6 Å². The minimum atomic E-state index is -0.767. The maximum absolute atomic E-state index is 12.6. The largest absolute Gasteiger partial charge is 0.481 e. The van der Waals surface area contributed by atoms with Gasteiger partial charge in [-0.25, -0.2) is 0 Å². The van der Waals surface area contributed by atoms with Crippen LogP contribution in [0.2, 0.25) is 0 Å². The Kier molecular flexibility index (Phi) is 4.97. The third-order valence-corrected chi connectivity index (χ3v) is 7.28. The molecular weight excluding hydrogens is 348 g/mol. The lowest BCUT2D eigenvalue weighted by molar-refractivity contribution is -0.149. The molecule has 0 aromatic heterocycles. The van der Waals surface area contributed by atoms with Gasteiger partial charge in [-0.1, -0.05) is 24.6 Å². The van der Waals surface area contributed by atoms with E-state index in [0.717, 1.165) is 38.1 Å². The molecule has 5 nitrogen and oxygen atoms in total. The molecule has 4 rings (SSSR count). The number of likely N-dealkylation sites (tertiary alicyclic amines) is 2. The molecule has 1 aliphatic carbocycles. The quantitative estimate of drug-likeness (QED) is 0.775. The monoisotopic (exact) mass is 374 g/mol. The molecule has 1 saturated carbocycles. The Bertz CT molecular complexity index is 679. The van der Waals surface area contributed by atoms with Crippen LogP contribution >= 0.6 is 11.8 Å². The van der Waals surface area contributed by atoms with Crippen LogP contribution in [0.5, 0.6) is 0 Å². The van der Waals surface area contributed by atoms with Crippen LogP contribution in [0.25, 0.3) is 0 Å². The van der Waals surface area contributed by atoms with Gasteiger partial charge in [0.05, 0.1) is 0 Å². The Hall–Kier alpha value is -1.53. The summed E-state index contributed by atoms with van der Waals surface area (Å²) in [6, 6.07) is 10.3. The summed E-state index contributed by atoms with van der Waals surface area (Å²) in [5.74, 6) is 0.628. The van der Waals surface area contributed by atoms with Crippen molar-refractivity contribution in [2.75, 3.05) is 38.5 Å². The van der Waals surface area contributed by atoms with Gasteiger partial charge in [-0.3, -0.25) is 9.59 Å². The van der Waals surface area contributed by atoms with Crippen molar-refractivity contribution in [2.45, 2.75) is 24.2 Å². The average molecular weight is 375 g/mol. The van der Waals surface area contributed by atoms with E-state index in [2.05, 4.69) is 17.0 Å². The minimum Gasteiger partial charge on any atom is -0.481 e. The Morgan fingerprint density at radius 3 is 2.54 bits per heavy atom. The van der Waals surface area contributed by atoms with Crippen molar-refractivity contribution in [1.29, 1.82) is 0 Å². The molecule has 3 aliphatic rings. The van der Waals surface area contributed by atoms with Crippen LogP contribution in [0.3, 0.4) is 0 Å². The first-order valence-corrected chi connectivity index (χ1v) is 10.5. The van der Waals surface area contributed by atoms with E-state index in [1.54, 1.807) is 0 Å². The van der Waals surface area contributed by atoms with Crippen LogP contribution < -0.4 is 0 Å². The summed E-state index contributed by atoms with van der Waals surface area (Å²) in [5, 5.41) is 9.93. The zero-order valence-corrected chi connectivity index (χ0v) is 15.8. The van der Waals surface area contributed by atoms with Crippen molar-refractivity contribution >= 4 is 23.6 Å². The molecule has 0 bridgehead atoms. The summed E-state index contributed by atoms with van der Waals surface area (Å²) < 4.78 is 0. The molecule has 1 amide bonds. The first kappa shape index (κ1) is 17.9. The number of fused-ring (bicyclic) bond motifs is 1. The van der Waals surface area contributed by atoms with Crippen molar-refractivity contribution in [2.24, 2.45) is 17.3 Å². The topological polar surface area (TPSA) is 60.9 Å². The van der Waals surface area contributed by atoms with E-state index >= 15 is 0 Å². The number of carboxylic acids is 1. The molecule has 2 atom stereocenters. The Labute approximate surface area is 158 Å². The molecule has 1 aromatic carbocycles. The van der Waals surface area contributed by atoms with E-state index in [1.165, 1.54) is 4.90 Å². The standard InChI is InChI=1S/C20H26N2O3S/c23-18(15-5-4-6-15)22-12-16-11-21(13-20(16,14-22)19(24)25)9-10-26-17-7-2-1-3-8-17/h1-3,7-8,15-16H,4-6,9-14H2,(H,24,25)/t16-,20-/m0/s1. The number of benzene rings is 1. The van der Waals surface area contributed by atoms with Gasteiger partial charge in [0, 0.05) is 55.2 Å². The van der Waals surface area contributed by atoms with E-state index in [4.69, 9.17) is 0 Å².